The first-order valence-electron chi connectivity index (χ1n) is 7.71. The molecule has 3 rings (SSSR count). The number of halogens is 1. The third-order valence-electron chi connectivity index (χ3n) is 3.54. The number of benzene rings is 1. The van der Waals surface area contributed by atoms with E-state index in [4.69, 9.17) is 16.3 Å². The van der Waals surface area contributed by atoms with E-state index in [2.05, 4.69) is 15.4 Å². The summed E-state index contributed by atoms with van der Waals surface area (Å²) in [6.07, 6.45) is 5.09. The van der Waals surface area contributed by atoms with E-state index in [1.54, 1.807) is 41.5 Å². The van der Waals surface area contributed by atoms with Crippen molar-refractivity contribution in [1.29, 1.82) is 0 Å². The summed E-state index contributed by atoms with van der Waals surface area (Å²) < 4.78 is 7.21. The second kappa shape index (κ2) is 7.81. The van der Waals surface area contributed by atoms with Crippen molar-refractivity contribution in [3.63, 3.8) is 0 Å². The molecule has 0 aliphatic carbocycles. The number of carbonyl (C=O) groups is 1. The van der Waals surface area contributed by atoms with Crippen molar-refractivity contribution < 1.29 is 9.53 Å². The molecule has 0 aliphatic rings. The lowest BCUT2D eigenvalue weighted by molar-refractivity contribution is 0.0944. The number of pyridine rings is 1. The molecule has 0 bridgehead atoms. The maximum Gasteiger partial charge on any atom is 0.272 e. The van der Waals surface area contributed by atoms with Gasteiger partial charge in [0.15, 0.2) is 6.73 Å². The SMILES string of the molecule is Cc1cc(OCn2ccc(C(=O)NCc3cccnc3)n2)ccc1Cl. The Bertz CT molecular complexity index is 865. The Balaban J connectivity index is 1.54. The van der Waals surface area contributed by atoms with Gasteiger partial charge >= 0.3 is 0 Å². The van der Waals surface area contributed by atoms with Crippen LogP contribution >= 0.6 is 11.6 Å². The van der Waals surface area contributed by atoms with Crippen molar-refractivity contribution >= 4 is 17.5 Å². The molecular weight excluding hydrogens is 340 g/mol. The number of aromatic nitrogens is 3. The molecule has 2 aromatic heterocycles. The van der Waals surface area contributed by atoms with Crippen LogP contribution in [0.4, 0.5) is 0 Å². The Morgan fingerprint density at radius 3 is 2.96 bits per heavy atom. The normalized spacial score (nSPS) is 10.5. The molecule has 0 fully saturated rings. The Morgan fingerprint density at radius 1 is 1.32 bits per heavy atom. The van der Waals surface area contributed by atoms with Gasteiger partial charge in [0.2, 0.25) is 0 Å². The van der Waals surface area contributed by atoms with Crippen LogP contribution < -0.4 is 10.1 Å². The minimum atomic E-state index is -0.245. The lowest BCUT2D eigenvalue weighted by Crippen LogP contribution is -2.23. The van der Waals surface area contributed by atoms with E-state index in [1.165, 1.54) is 0 Å². The van der Waals surface area contributed by atoms with Crippen LogP contribution in [0.5, 0.6) is 5.75 Å². The number of carbonyl (C=O) groups excluding carboxylic acids is 1. The Labute approximate surface area is 150 Å². The zero-order valence-corrected chi connectivity index (χ0v) is 14.4. The number of rotatable bonds is 6. The summed E-state index contributed by atoms with van der Waals surface area (Å²) in [5, 5.41) is 7.71. The Hall–Kier alpha value is -2.86. The third kappa shape index (κ3) is 4.58. The Kier molecular flexibility index (Phi) is 5.30. The predicted octanol–water partition coefficient (Wildman–Crippen LogP) is 3.21. The maximum atomic E-state index is 12.1. The fourth-order valence-corrected chi connectivity index (χ4v) is 2.30. The van der Waals surface area contributed by atoms with Gasteiger partial charge in [0, 0.05) is 30.2 Å². The minimum Gasteiger partial charge on any atom is -0.471 e. The highest BCUT2D eigenvalue weighted by molar-refractivity contribution is 6.31. The highest BCUT2D eigenvalue weighted by Gasteiger charge is 2.09. The second-order valence-corrected chi connectivity index (χ2v) is 5.88. The van der Waals surface area contributed by atoms with Gasteiger partial charge in [-0.25, -0.2) is 4.68 Å². The van der Waals surface area contributed by atoms with Crippen LogP contribution in [0, 0.1) is 6.92 Å². The molecule has 0 aliphatic heterocycles. The van der Waals surface area contributed by atoms with Gasteiger partial charge in [-0.05, 0) is 48.4 Å². The van der Waals surface area contributed by atoms with Crippen molar-refractivity contribution in [3.8, 4) is 5.75 Å². The van der Waals surface area contributed by atoms with Crippen LogP contribution in [0.3, 0.4) is 0 Å². The molecular formula is C18H17ClN4O2. The second-order valence-electron chi connectivity index (χ2n) is 5.47. The number of ether oxygens (including phenoxy) is 1. The van der Waals surface area contributed by atoms with Gasteiger partial charge in [-0.15, -0.1) is 0 Å². The molecule has 0 unspecified atom stereocenters. The quantitative estimate of drug-likeness (QED) is 0.736. The minimum absolute atomic E-state index is 0.205. The summed E-state index contributed by atoms with van der Waals surface area (Å²) in [5.74, 6) is 0.449. The molecule has 0 atom stereocenters. The molecule has 1 N–H and O–H groups in total. The van der Waals surface area contributed by atoms with Gasteiger partial charge in [0.1, 0.15) is 11.4 Å². The largest absolute Gasteiger partial charge is 0.471 e. The fourth-order valence-electron chi connectivity index (χ4n) is 2.18. The lowest BCUT2D eigenvalue weighted by atomic mass is 10.2. The number of hydrogen-bond donors (Lipinski definition) is 1. The number of nitrogens with zero attached hydrogens (tertiary/aromatic N) is 3. The first kappa shape index (κ1) is 17.0. The highest BCUT2D eigenvalue weighted by Crippen LogP contribution is 2.21. The Morgan fingerprint density at radius 2 is 2.20 bits per heavy atom. The van der Waals surface area contributed by atoms with Gasteiger partial charge in [0.05, 0.1) is 0 Å². The van der Waals surface area contributed by atoms with Crippen LogP contribution in [-0.2, 0) is 13.3 Å². The predicted molar refractivity (Wildman–Crippen MR) is 94.5 cm³/mol. The van der Waals surface area contributed by atoms with E-state index in [9.17, 15) is 4.79 Å². The average Bonchev–Trinajstić information content (AvgIpc) is 3.11. The van der Waals surface area contributed by atoms with Crippen LogP contribution in [0.15, 0.2) is 55.0 Å². The molecule has 0 saturated carbocycles. The summed E-state index contributed by atoms with van der Waals surface area (Å²) in [4.78, 5) is 16.1. The van der Waals surface area contributed by atoms with Crippen molar-refractivity contribution in [3.05, 3.63) is 76.8 Å². The first-order valence-corrected chi connectivity index (χ1v) is 8.09. The zero-order chi connectivity index (χ0) is 17.6. The van der Waals surface area contributed by atoms with Gasteiger partial charge in [-0.3, -0.25) is 9.78 Å². The molecule has 1 aromatic carbocycles. The molecule has 0 saturated heterocycles. The monoisotopic (exact) mass is 356 g/mol. The zero-order valence-electron chi connectivity index (χ0n) is 13.6. The molecule has 0 radical (unpaired) electrons. The third-order valence-corrected chi connectivity index (χ3v) is 3.97. The fraction of sp³-hybridized carbons (Fsp3) is 0.167. The lowest BCUT2D eigenvalue weighted by Gasteiger charge is -2.07. The van der Waals surface area contributed by atoms with Crippen LogP contribution in [0.1, 0.15) is 21.6 Å². The molecule has 2 heterocycles. The highest BCUT2D eigenvalue weighted by atomic mass is 35.5. The van der Waals surface area contributed by atoms with Crippen molar-refractivity contribution in [2.24, 2.45) is 0 Å². The summed E-state index contributed by atoms with van der Waals surface area (Å²) in [5.41, 5.74) is 2.20. The van der Waals surface area contributed by atoms with E-state index in [0.717, 1.165) is 11.1 Å². The standard InChI is InChI=1S/C18H17ClN4O2/c1-13-9-15(4-5-16(13)19)25-12-23-8-6-17(22-23)18(24)21-11-14-3-2-7-20-10-14/h2-10H,11-12H2,1H3,(H,21,24). The van der Waals surface area contributed by atoms with Crippen LogP contribution in [-0.4, -0.2) is 20.7 Å². The van der Waals surface area contributed by atoms with Gasteiger partial charge < -0.3 is 10.1 Å². The topological polar surface area (TPSA) is 69.0 Å². The summed E-state index contributed by atoms with van der Waals surface area (Å²) in [7, 11) is 0. The molecule has 128 valence electrons. The number of hydrogen-bond acceptors (Lipinski definition) is 4. The van der Waals surface area contributed by atoms with Gasteiger partial charge in [-0.1, -0.05) is 17.7 Å². The first-order chi connectivity index (χ1) is 12.1. The summed E-state index contributed by atoms with van der Waals surface area (Å²) in [6.45, 7) is 2.52. The van der Waals surface area contributed by atoms with Crippen molar-refractivity contribution in [2.75, 3.05) is 0 Å². The van der Waals surface area contributed by atoms with Crippen LogP contribution in [0.25, 0.3) is 0 Å². The summed E-state index contributed by atoms with van der Waals surface area (Å²) in [6, 6.07) is 10.8. The average molecular weight is 357 g/mol. The molecule has 1 amide bonds. The molecule has 25 heavy (non-hydrogen) atoms. The maximum absolute atomic E-state index is 12.1. The van der Waals surface area contributed by atoms with Crippen molar-refractivity contribution in [2.45, 2.75) is 20.2 Å². The molecule has 0 spiro atoms. The van der Waals surface area contributed by atoms with E-state index in [0.29, 0.717) is 23.0 Å². The number of amides is 1. The van der Waals surface area contributed by atoms with E-state index < -0.39 is 0 Å². The van der Waals surface area contributed by atoms with E-state index in [-0.39, 0.29) is 12.6 Å². The molecule has 3 aromatic rings. The number of nitrogens with one attached hydrogen (secondary N) is 1. The smallest absolute Gasteiger partial charge is 0.272 e. The van der Waals surface area contributed by atoms with Gasteiger partial charge in [-0.2, -0.15) is 5.10 Å². The van der Waals surface area contributed by atoms with E-state index >= 15 is 0 Å². The summed E-state index contributed by atoms with van der Waals surface area (Å²) >= 11 is 5.99. The number of aryl methyl sites for hydroxylation is 1. The van der Waals surface area contributed by atoms with Crippen molar-refractivity contribution in [1.82, 2.24) is 20.1 Å². The molecule has 7 heteroatoms. The van der Waals surface area contributed by atoms with E-state index in [1.807, 2.05) is 25.1 Å². The van der Waals surface area contributed by atoms with Crippen LogP contribution in [0.2, 0.25) is 5.02 Å². The van der Waals surface area contributed by atoms with Gasteiger partial charge in [0.25, 0.3) is 5.91 Å². The molecule has 6 nitrogen and oxygen atoms in total.